The fourth-order valence-electron chi connectivity index (χ4n) is 2.81. The van der Waals surface area contributed by atoms with Gasteiger partial charge in [0.25, 0.3) is 5.91 Å². The van der Waals surface area contributed by atoms with Crippen LogP contribution in [0.25, 0.3) is 11.0 Å². The summed E-state index contributed by atoms with van der Waals surface area (Å²) >= 11 is 1.41. The number of carbonyl (C=O) groups is 1. The Labute approximate surface area is 146 Å². The van der Waals surface area contributed by atoms with Crippen molar-refractivity contribution in [2.75, 3.05) is 5.32 Å². The Bertz CT molecular complexity index is 1090. The van der Waals surface area contributed by atoms with E-state index in [1.165, 1.54) is 15.9 Å². The number of benzene rings is 1. The van der Waals surface area contributed by atoms with E-state index in [0.29, 0.717) is 34.2 Å². The van der Waals surface area contributed by atoms with Crippen LogP contribution < -0.4 is 16.4 Å². The fourth-order valence-corrected chi connectivity index (χ4v) is 3.60. The zero-order valence-electron chi connectivity index (χ0n) is 13.5. The Morgan fingerprint density at radius 1 is 1.40 bits per heavy atom. The second-order valence-electron chi connectivity index (χ2n) is 6.04. The van der Waals surface area contributed by atoms with Crippen LogP contribution in [0.5, 0.6) is 0 Å². The molecule has 0 atom stereocenters. The maximum absolute atomic E-state index is 12.5. The molecule has 25 heavy (non-hydrogen) atoms. The predicted octanol–water partition coefficient (Wildman–Crippen LogP) is 2.30. The molecule has 1 aromatic carbocycles. The van der Waals surface area contributed by atoms with Gasteiger partial charge in [-0.3, -0.25) is 19.7 Å². The number of H-pyrrole nitrogens is 1. The van der Waals surface area contributed by atoms with Crippen molar-refractivity contribution in [1.82, 2.24) is 14.5 Å². The molecule has 2 N–H and O–H groups in total. The number of carbonyl (C=O) groups excluding carboxylic acids is 1. The molecule has 3 aromatic rings. The number of thiazole rings is 1. The van der Waals surface area contributed by atoms with Gasteiger partial charge in [-0.25, -0.2) is 4.98 Å². The molecule has 1 aliphatic carbocycles. The molecule has 0 saturated heterocycles. The van der Waals surface area contributed by atoms with Crippen LogP contribution >= 0.6 is 11.3 Å². The summed E-state index contributed by atoms with van der Waals surface area (Å²) in [4.78, 5) is 43.1. The molecule has 2 aromatic heterocycles. The highest BCUT2D eigenvalue weighted by Gasteiger charge is 2.26. The third-order valence-corrected chi connectivity index (χ3v) is 5.07. The third-order valence-electron chi connectivity index (χ3n) is 4.29. The van der Waals surface area contributed by atoms with Crippen LogP contribution in [-0.2, 0) is 6.54 Å². The lowest BCUT2D eigenvalue weighted by molar-refractivity contribution is 0.102. The van der Waals surface area contributed by atoms with E-state index in [1.807, 2.05) is 5.38 Å². The fraction of sp³-hybridized carbons (Fsp3) is 0.294. The van der Waals surface area contributed by atoms with E-state index in [0.717, 1.165) is 18.5 Å². The van der Waals surface area contributed by atoms with Crippen LogP contribution in [-0.4, -0.2) is 20.4 Å². The molecule has 0 bridgehead atoms. The monoisotopic (exact) mass is 356 g/mol. The lowest BCUT2D eigenvalue weighted by Gasteiger charge is -2.08. The van der Waals surface area contributed by atoms with Crippen LogP contribution in [0.4, 0.5) is 5.13 Å². The zero-order chi connectivity index (χ0) is 17.6. The lowest BCUT2D eigenvalue weighted by atomic mass is 10.1. The number of aromatic nitrogens is 3. The number of rotatable bonds is 4. The predicted molar refractivity (Wildman–Crippen MR) is 96.5 cm³/mol. The highest BCUT2D eigenvalue weighted by molar-refractivity contribution is 7.14. The first kappa shape index (κ1) is 15.8. The molecule has 0 aliphatic heterocycles. The van der Waals surface area contributed by atoms with Crippen molar-refractivity contribution in [1.29, 1.82) is 0 Å². The summed E-state index contributed by atoms with van der Waals surface area (Å²) < 4.78 is 1.39. The summed E-state index contributed by atoms with van der Waals surface area (Å²) in [6.07, 6.45) is 2.32. The van der Waals surface area contributed by atoms with E-state index in [-0.39, 0.29) is 5.91 Å². The highest BCUT2D eigenvalue weighted by atomic mass is 32.1. The molecule has 2 heterocycles. The van der Waals surface area contributed by atoms with Gasteiger partial charge in [0.15, 0.2) is 5.13 Å². The van der Waals surface area contributed by atoms with Gasteiger partial charge in [-0.1, -0.05) is 0 Å². The van der Waals surface area contributed by atoms with Crippen molar-refractivity contribution in [2.45, 2.75) is 32.2 Å². The summed E-state index contributed by atoms with van der Waals surface area (Å²) in [5.74, 6) is 0.243. The first-order chi connectivity index (χ1) is 12.1. The maximum atomic E-state index is 12.5. The second kappa shape index (κ2) is 5.96. The SMILES string of the molecule is CCn1c(=O)c(=O)[nH]c2cc(C(=O)Nc3nc(C4CC4)cs3)ccc21. The smallest absolute Gasteiger partial charge is 0.316 e. The molecule has 1 amide bonds. The molecule has 1 aliphatic rings. The molecular weight excluding hydrogens is 340 g/mol. The molecule has 1 saturated carbocycles. The number of hydrogen-bond acceptors (Lipinski definition) is 5. The van der Waals surface area contributed by atoms with Crippen LogP contribution in [0, 0.1) is 0 Å². The van der Waals surface area contributed by atoms with E-state index in [1.54, 1.807) is 25.1 Å². The molecule has 1 fully saturated rings. The number of fused-ring (bicyclic) bond motifs is 1. The Balaban J connectivity index is 1.66. The zero-order valence-corrected chi connectivity index (χ0v) is 14.4. The normalized spacial score (nSPS) is 14.0. The third kappa shape index (κ3) is 2.89. The van der Waals surface area contributed by atoms with E-state index < -0.39 is 11.1 Å². The van der Waals surface area contributed by atoms with Crippen molar-refractivity contribution in [3.05, 3.63) is 55.5 Å². The largest absolute Gasteiger partial charge is 0.316 e. The molecule has 0 spiro atoms. The minimum Gasteiger partial charge on any atom is -0.316 e. The second-order valence-corrected chi connectivity index (χ2v) is 6.90. The van der Waals surface area contributed by atoms with Gasteiger partial charge in [0.2, 0.25) is 0 Å². The van der Waals surface area contributed by atoms with Gasteiger partial charge in [-0.05, 0) is 38.0 Å². The van der Waals surface area contributed by atoms with Crippen LogP contribution in [0.1, 0.15) is 41.7 Å². The van der Waals surface area contributed by atoms with Crippen LogP contribution in [0.3, 0.4) is 0 Å². The molecule has 0 unspecified atom stereocenters. The first-order valence-electron chi connectivity index (χ1n) is 8.10. The number of nitrogens with zero attached hydrogens (tertiary/aromatic N) is 2. The minimum atomic E-state index is -0.694. The van der Waals surface area contributed by atoms with Crippen molar-refractivity contribution in [2.24, 2.45) is 0 Å². The average Bonchev–Trinajstić information content (AvgIpc) is 3.35. The van der Waals surface area contributed by atoms with Crippen molar-refractivity contribution < 1.29 is 4.79 Å². The van der Waals surface area contributed by atoms with Crippen molar-refractivity contribution in [3.63, 3.8) is 0 Å². The first-order valence-corrected chi connectivity index (χ1v) is 8.98. The number of nitrogens with one attached hydrogen (secondary N) is 2. The quantitative estimate of drug-likeness (QED) is 0.701. The Hall–Kier alpha value is -2.74. The van der Waals surface area contributed by atoms with E-state index in [9.17, 15) is 14.4 Å². The van der Waals surface area contributed by atoms with E-state index >= 15 is 0 Å². The van der Waals surface area contributed by atoms with Gasteiger partial charge in [0, 0.05) is 23.4 Å². The van der Waals surface area contributed by atoms with Crippen molar-refractivity contribution in [3.8, 4) is 0 Å². The van der Waals surface area contributed by atoms with Crippen LogP contribution in [0.2, 0.25) is 0 Å². The standard InChI is InChI=1S/C17H16N4O3S/c1-2-21-13-6-5-10(7-11(13)18-15(23)16(21)24)14(22)20-17-19-12(8-25-17)9-3-4-9/h5-9H,2-4H2,1H3,(H,18,23)(H,19,20,22). The molecule has 4 rings (SSSR count). The highest BCUT2D eigenvalue weighted by Crippen LogP contribution is 2.40. The molecule has 0 radical (unpaired) electrons. The van der Waals surface area contributed by atoms with E-state index in [2.05, 4.69) is 15.3 Å². The van der Waals surface area contributed by atoms with E-state index in [4.69, 9.17) is 0 Å². The molecule has 128 valence electrons. The Morgan fingerprint density at radius 2 is 2.20 bits per heavy atom. The molecular formula is C17H16N4O3S. The minimum absolute atomic E-state index is 0.298. The van der Waals surface area contributed by atoms with Gasteiger partial charge < -0.3 is 9.55 Å². The summed E-state index contributed by atoms with van der Waals surface area (Å²) in [7, 11) is 0. The average molecular weight is 356 g/mol. The van der Waals surface area contributed by atoms with Gasteiger partial charge in [-0.2, -0.15) is 0 Å². The van der Waals surface area contributed by atoms with Gasteiger partial charge in [0.1, 0.15) is 0 Å². The topological polar surface area (TPSA) is 96.9 Å². The summed E-state index contributed by atoms with van der Waals surface area (Å²) in [5, 5.41) is 5.33. The van der Waals surface area contributed by atoms with Gasteiger partial charge in [-0.15, -0.1) is 11.3 Å². The lowest BCUT2D eigenvalue weighted by Crippen LogP contribution is -2.36. The molecule has 7 nitrogen and oxygen atoms in total. The van der Waals surface area contributed by atoms with Gasteiger partial charge in [0.05, 0.1) is 16.7 Å². The number of anilines is 1. The van der Waals surface area contributed by atoms with Crippen LogP contribution in [0.15, 0.2) is 33.2 Å². The maximum Gasteiger partial charge on any atom is 0.316 e. The number of amides is 1. The summed E-state index contributed by atoms with van der Waals surface area (Å²) in [6, 6.07) is 4.88. The number of hydrogen-bond donors (Lipinski definition) is 2. The molecule has 8 heteroatoms. The summed E-state index contributed by atoms with van der Waals surface area (Å²) in [6.45, 7) is 2.18. The Morgan fingerprint density at radius 3 is 2.92 bits per heavy atom. The van der Waals surface area contributed by atoms with Crippen molar-refractivity contribution >= 4 is 33.4 Å². The Kier molecular flexibility index (Phi) is 3.76. The number of aromatic amines is 1. The number of aryl methyl sites for hydroxylation is 1. The van der Waals surface area contributed by atoms with Gasteiger partial charge >= 0.3 is 11.1 Å². The summed E-state index contributed by atoms with van der Waals surface area (Å²) in [5.41, 5.74) is 1.19.